The highest BCUT2D eigenvalue weighted by molar-refractivity contribution is 7.91. The summed E-state index contributed by atoms with van der Waals surface area (Å²) in [7, 11) is -4.25. The molecule has 2 aromatic rings. The van der Waals surface area contributed by atoms with Crippen LogP contribution in [0.15, 0.2) is 42.6 Å². The van der Waals surface area contributed by atoms with Crippen molar-refractivity contribution in [3.05, 3.63) is 59.5 Å². The molecular weight excluding hydrogens is 324 g/mol. The van der Waals surface area contributed by atoms with Crippen LogP contribution >= 0.6 is 0 Å². The summed E-state index contributed by atoms with van der Waals surface area (Å²) in [5.74, 6) is -2.43. The molecule has 22 heavy (non-hydrogen) atoms. The van der Waals surface area contributed by atoms with E-state index in [1.54, 1.807) is 0 Å². The molecule has 0 aliphatic carbocycles. The summed E-state index contributed by atoms with van der Waals surface area (Å²) in [6, 6.07) is 6.52. The number of halogens is 4. The van der Waals surface area contributed by atoms with Crippen LogP contribution in [0, 0.1) is 5.82 Å². The molecular formula is C13H10F4N2O2S. The van der Waals surface area contributed by atoms with Crippen molar-refractivity contribution < 1.29 is 26.0 Å². The van der Waals surface area contributed by atoms with Crippen molar-refractivity contribution in [1.29, 1.82) is 0 Å². The van der Waals surface area contributed by atoms with Crippen LogP contribution < -0.4 is 4.72 Å². The minimum absolute atomic E-state index is 0.432. The molecule has 0 fully saturated rings. The Morgan fingerprint density at radius 2 is 1.77 bits per heavy atom. The Kier molecular flexibility index (Phi) is 4.36. The Hall–Kier alpha value is -2.16. The number of anilines is 1. The van der Waals surface area contributed by atoms with Crippen molar-refractivity contribution in [2.75, 3.05) is 4.72 Å². The Morgan fingerprint density at radius 3 is 2.41 bits per heavy atom. The van der Waals surface area contributed by atoms with Gasteiger partial charge in [0.05, 0.1) is 11.3 Å². The van der Waals surface area contributed by atoms with Crippen molar-refractivity contribution in [3.63, 3.8) is 0 Å². The van der Waals surface area contributed by atoms with Gasteiger partial charge in [-0.3, -0.25) is 4.72 Å². The summed E-state index contributed by atoms with van der Waals surface area (Å²) >= 11 is 0. The Labute approximate surface area is 123 Å². The zero-order valence-corrected chi connectivity index (χ0v) is 11.7. The first-order valence-electron chi connectivity index (χ1n) is 5.95. The summed E-state index contributed by atoms with van der Waals surface area (Å²) in [6.07, 6.45) is -3.52. The van der Waals surface area contributed by atoms with Gasteiger partial charge in [0, 0.05) is 6.20 Å². The van der Waals surface area contributed by atoms with Gasteiger partial charge in [0.2, 0.25) is 10.0 Å². The Balaban J connectivity index is 2.29. The van der Waals surface area contributed by atoms with Gasteiger partial charge in [-0.15, -0.1) is 0 Å². The molecule has 1 N–H and O–H groups in total. The standard InChI is InChI=1S/C13H10F4N2O2S/c14-11-6-3-7-18-12(11)19-22(20,21)8-9-4-1-2-5-10(9)13(15,16)17/h1-7H,8H2,(H,18,19). The molecule has 0 radical (unpaired) electrons. The van der Waals surface area contributed by atoms with E-state index in [4.69, 9.17) is 0 Å². The minimum Gasteiger partial charge on any atom is -0.265 e. The zero-order chi connectivity index (χ0) is 16.4. The molecule has 0 aliphatic rings. The number of aromatic nitrogens is 1. The second-order valence-electron chi connectivity index (χ2n) is 4.35. The van der Waals surface area contributed by atoms with E-state index in [1.165, 1.54) is 12.1 Å². The van der Waals surface area contributed by atoms with Gasteiger partial charge in [-0.1, -0.05) is 18.2 Å². The molecule has 0 unspecified atom stereocenters. The maximum absolute atomic E-state index is 13.4. The minimum atomic E-state index is -4.68. The SMILES string of the molecule is O=S(=O)(Cc1ccccc1C(F)(F)F)Nc1ncccc1F. The Morgan fingerprint density at radius 1 is 1.09 bits per heavy atom. The van der Waals surface area contributed by atoms with Crippen molar-refractivity contribution in [2.24, 2.45) is 0 Å². The van der Waals surface area contributed by atoms with Gasteiger partial charge in [-0.25, -0.2) is 17.8 Å². The highest BCUT2D eigenvalue weighted by Gasteiger charge is 2.34. The lowest BCUT2D eigenvalue weighted by molar-refractivity contribution is -0.138. The molecule has 2 rings (SSSR count). The van der Waals surface area contributed by atoms with Crippen LogP contribution in [0.2, 0.25) is 0 Å². The van der Waals surface area contributed by atoms with Gasteiger partial charge in [0.15, 0.2) is 11.6 Å². The molecule has 4 nitrogen and oxygen atoms in total. The molecule has 0 saturated carbocycles. The number of benzene rings is 1. The Bertz CT molecular complexity index is 776. The molecule has 0 atom stereocenters. The zero-order valence-electron chi connectivity index (χ0n) is 10.9. The monoisotopic (exact) mass is 334 g/mol. The predicted octanol–water partition coefficient (Wildman–Crippen LogP) is 3.18. The van der Waals surface area contributed by atoms with E-state index in [-0.39, 0.29) is 0 Å². The lowest BCUT2D eigenvalue weighted by Gasteiger charge is -2.13. The maximum atomic E-state index is 13.4. The van der Waals surface area contributed by atoms with E-state index in [9.17, 15) is 26.0 Å². The van der Waals surface area contributed by atoms with Crippen LogP contribution in [-0.4, -0.2) is 13.4 Å². The van der Waals surface area contributed by atoms with E-state index in [0.29, 0.717) is 0 Å². The third-order valence-corrected chi connectivity index (χ3v) is 3.87. The number of pyridine rings is 1. The lowest BCUT2D eigenvalue weighted by Crippen LogP contribution is -2.19. The second kappa shape index (κ2) is 5.91. The van der Waals surface area contributed by atoms with Gasteiger partial charge < -0.3 is 0 Å². The molecule has 1 heterocycles. The topological polar surface area (TPSA) is 59.1 Å². The summed E-state index contributed by atoms with van der Waals surface area (Å²) in [5.41, 5.74) is -1.49. The quantitative estimate of drug-likeness (QED) is 0.874. The molecule has 0 bridgehead atoms. The number of hydrogen-bond acceptors (Lipinski definition) is 3. The van der Waals surface area contributed by atoms with Crippen LogP contribution in [-0.2, 0) is 22.0 Å². The molecule has 118 valence electrons. The van der Waals surface area contributed by atoms with Gasteiger partial charge >= 0.3 is 6.18 Å². The predicted molar refractivity (Wildman–Crippen MR) is 71.9 cm³/mol. The summed E-state index contributed by atoms with van der Waals surface area (Å²) in [5, 5.41) is 0. The van der Waals surface area contributed by atoms with Crippen molar-refractivity contribution in [1.82, 2.24) is 4.98 Å². The fourth-order valence-electron chi connectivity index (χ4n) is 1.77. The molecule has 0 amide bonds. The largest absolute Gasteiger partial charge is 0.416 e. The lowest BCUT2D eigenvalue weighted by atomic mass is 10.1. The first-order valence-corrected chi connectivity index (χ1v) is 7.60. The van der Waals surface area contributed by atoms with Crippen LogP contribution in [0.25, 0.3) is 0 Å². The molecule has 1 aromatic carbocycles. The van der Waals surface area contributed by atoms with Crippen LogP contribution in [0.5, 0.6) is 0 Å². The van der Waals surface area contributed by atoms with Gasteiger partial charge in [-0.05, 0) is 23.8 Å². The highest BCUT2D eigenvalue weighted by atomic mass is 32.2. The van der Waals surface area contributed by atoms with Gasteiger partial charge in [-0.2, -0.15) is 13.2 Å². The highest BCUT2D eigenvalue weighted by Crippen LogP contribution is 2.32. The number of nitrogens with zero attached hydrogens (tertiary/aromatic N) is 1. The van der Waals surface area contributed by atoms with E-state index in [2.05, 4.69) is 4.98 Å². The van der Waals surface area contributed by atoms with Crippen LogP contribution in [0.1, 0.15) is 11.1 Å². The summed E-state index contributed by atoms with van der Waals surface area (Å²) in [4.78, 5) is 3.49. The number of rotatable bonds is 4. The number of sulfonamides is 1. The fraction of sp³-hybridized carbons (Fsp3) is 0.154. The molecule has 0 aliphatic heterocycles. The number of hydrogen-bond donors (Lipinski definition) is 1. The van der Waals surface area contributed by atoms with Gasteiger partial charge in [0.1, 0.15) is 0 Å². The maximum Gasteiger partial charge on any atom is 0.416 e. The van der Waals surface area contributed by atoms with Crippen molar-refractivity contribution in [3.8, 4) is 0 Å². The first kappa shape index (κ1) is 16.2. The molecule has 1 aromatic heterocycles. The van der Waals surface area contributed by atoms with E-state index in [1.807, 2.05) is 4.72 Å². The third kappa shape index (κ3) is 3.94. The molecule has 0 spiro atoms. The smallest absolute Gasteiger partial charge is 0.265 e. The van der Waals surface area contributed by atoms with E-state index < -0.39 is 44.7 Å². The fourth-order valence-corrected chi connectivity index (χ4v) is 2.95. The normalized spacial score (nSPS) is 12.2. The summed E-state index contributed by atoms with van der Waals surface area (Å²) < 4.78 is 77.5. The van der Waals surface area contributed by atoms with Gasteiger partial charge in [0.25, 0.3) is 0 Å². The number of alkyl halides is 3. The van der Waals surface area contributed by atoms with Crippen molar-refractivity contribution >= 4 is 15.8 Å². The van der Waals surface area contributed by atoms with Crippen molar-refractivity contribution in [2.45, 2.75) is 11.9 Å². The average molecular weight is 334 g/mol. The molecule has 9 heteroatoms. The molecule has 0 saturated heterocycles. The van der Waals surface area contributed by atoms with Crippen LogP contribution in [0.4, 0.5) is 23.4 Å². The summed E-state index contributed by atoms with van der Waals surface area (Å²) in [6.45, 7) is 0. The number of nitrogens with one attached hydrogen (secondary N) is 1. The third-order valence-electron chi connectivity index (χ3n) is 2.68. The van der Waals surface area contributed by atoms with Crippen LogP contribution in [0.3, 0.4) is 0 Å². The van der Waals surface area contributed by atoms with E-state index in [0.717, 1.165) is 30.5 Å². The second-order valence-corrected chi connectivity index (χ2v) is 6.07. The first-order chi connectivity index (χ1) is 10.2. The van der Waals surface area contributed by atoms with E-state index >= 15 is 0 Å². The average Bonchev–Trinajstić information content (AvgIpc) is 2.40.